The highest BCUT2D eigenvalue weighted by Gasteiger charge is 2.41. The standard InChI is InChI=1S/C25H20FNO4/c1-17-22(27-31-23(17)18-12-14-21(26)15-13-18)16-30-24(28)25(29,19-8-4-2-5-9-19)20-10-6-3-7-11-20/h2-15,29H,16H2,1H3. The molecule has 5 nitrogen and oxygen atoms in total. The highest BCUT2D eigenvalue weighted by atomic mass is 19.1. The van der Waals surface area contributed by atoms with E-state index >= 15 is 0 Å². The number of ether oxygens (including phenoxy) is 1. The SMILES string of the molecule is Cc1c(COC(=O)C(O)(c2ccccc2)c2ccccc2)noc1-c1ccc(F)cc1. The van der Waals surface area contributed by atoms with Gasteiger partial charge in [-0.15, -0.1) is 0 Å². The van der Waals surface area contributed by atoms with E-state index in [0.717, 1.165) is 0 Å². The molecule has 0 aliphatic heterocycles. The van der Waals surface area contributed by atoms with Crippen molar-refractivity contribution in [2.75, 3.05) is 0 Å². The molecule has 1 heterocycles. The molecule has 4 rings (SSSR count). The third kappa shape index (κ3) is 3.98. The van der Waals surface area contributed by atoms with Gasteiger partial charge in [0.15, 0.2) is 5.76 Å². The smallest absolute Gasteiger partial charge is 0.348 e. The Bertz CT molecular complexity index is 1130. The van der Waals surface area contributed by atoms with Crippen LogP contribution in [0.1, 0.15) is 22.4 Å². The van der Waals surface area contributed by atoms with Crippen LogP contribution in [0.3, 0.4) is 0 Å². The predicted octanol–water partition coefficient (Wildman–Crippen LogP) is 4.77. The molecule has 0 saturated heterocycles. The number of esters is 1. The zero-order valence-corrected chi connectivity index (χ0v) is 16.8. The molecule has 156 valence electrons. The molecule has 0 spiro atoms. The van der Waals surface area contributed by atoms with E-state index in [1.807, 2.05) is 0 Å². The summed E-state index contributed by atoms with van der Waals surface area (Å²) in [7, 11) is 0. The van der Waals surface area contributed by atoms with E-state index in [-0.39, 0.29) is 12.4 Å². The number of hydrogen-bond acceptors (Lipinski definition) is 5. The quantitative estimate of drug-likeness (QED) is 0.458. The van der Waals surface area contributed by atoms with Crippen LogP contribution in [0.4, 0.5) is 4.39 Å². The number of hydrogen-bond donors (Lipinski definition) is 1. The second kappa shape index (κ2) is 8.53. The summed E-state index contributed by atoms with van der Waals surface area (Å²) in [6.45, 7) is 1.59. The molecule has 0 unspecified atom stereocenters. The number of aliphatic hydroxyl groups is 1. The van der Waals surface area contributed by atoms with E-state index in [1.165, 1.54) is 12.1 Å². The van der Waals surface area contributed by atoms with Crippen molar-refractivity contribution >= 4 is 5.97 Å². The summed E-state index contributed by atoms with van der Waals surface area (Å²) in [5, 5.41) is 15.4. The topological polar surface area (TPSA) is 72.6 Å². The van der Waals surface area contributed by atoms with Crippen molar-refractivity contribution in [3.05, 3.63) is 113 Å². The molecule has 0 aliphatic carbocycles. The molecule has 6 heteroatoms. The molecule has 31 heavy (non-hydrogen) atoms. The van der Waals surface area contributed by atoms with Gasteiger partial charge in [-0.2, -0.15) is 0 Å². The average molecular weight is 417 g/mol. The molecule has 0 fully saturated rings. The maximum absolute atomic E-state index is 13.2. The van der Waals surface area contributed by atoms with E-state index in [1.54, 1.807) is 79.7 Å². The minimum Gasteiger partial charge on any atom is -0.456 e. The van der Waals surface area contributed by atoms with E-state index < -0.39 is 11.6 Å². The van der Waals surface area contributed by atoms with Crippen LogP contribution < -0.4 is 0 Å². The Morgan fingerprint density at radius 3 is 2.06 bits per heavy atom. The lowest BCUT2D eigenvalue weighted by molar-refractivity contribution is -0.163. The third-order valence-corrected chi connectivity index (χ3v) is 5.15. The monoisotopic (exact) mass is 417 g/mol. The summed E-state index contributed by atoms with van der Waals surface area (Å²) in [4.78, 5) is 13.1. The fourth-order valence-corrected chi connectivity index (χ4v) is 3.37. The number of halogens is 1. The first kappa shape index (κ1) is 20.5. The van der Waals surface area contributed by atoms with Gasteiger partial charge >= 0.3 is 5.97 Å². The Kier molecular flexibility index (Phi) is 5.64. The summed E-state index contributed by atoms with van der Waals surface area (Å²) in [6.07, 6.45) is 0. The van der Waals surface area contributed by atoms with Gasteiger partial charge in [0.05, 0.1) is 0 Å². The maximum Gasteiger partial charge on any atom is 0.348 e. The van der Waals surface area contributed by atoms with Crippen molar-refractivity contribution in [1.29, 1.82) is 0 Å². The lowest BCUT2D eigenvalue weighted by Crippen LogP contribution is -2.38. The van der Waals surface area contributed by atoms with E-state index in [4.69, 9.17) is 9.26 Å². The van der Waals surface area contributed by atoms with E-state index in [0.29, 0.717) is 33.7 Å². The van der Waals surface area contributed by atoms with Crippen LogP contribution in [0.15, 0.2) is 89.5 Å². The zero-order valence-electron chi connectivity index (χ0n) is 16.8. The molecule has 3 aromatic carbocycles. The van der Waals surface area contributed by atoms with Crippen molar-refractivity contribution in [3.8, 4) is 11.3 Å². The number of benzene rings is 3. The van der Waals surface area contributed by atoms with Gasteiger partial charge in [0, 0.05) is 11.1 Å². The van der Waals surface area contributed by atoms with Crippen molar-refractivity contribution < 1.29 is 23.6 Å². The van der Waals surface area contributed by atoms with Crippen LogP contribution in [-0.2, 0) is 21.7 Å². The molecule has 0 aliphatic rings. The Labute approximate surface area is 178 Å². The molecular weight excluding hydrogens is 397 g/mol. The largest absolute Gasteiger partial charge is 0.456 e. The second-order valence-corrected chi connectivity index (χ2v) is 7.11. The number of aromatic nitrogens is 1. The Balaban J connectivity index is 1.59. The van der Waals surface area contributed by atoms with Gasteiger partial charge in [-0.3, -0.25) is 0 Å². The Morgan fingerprint density at radius 2 is 1.52 bits per heavy atom. The second-order valence-electron chi connectivity index (χ2n) is 7.11. The molecule has 4 aromatic rings. The Hall–Kier alpha value is -3.77. The van der Waals surface area contributed by atoms with Crippen LogP contribution in [0.5, 0.6) is 0 Å². The Morgan fingerprint density at radius 1 is 0.968 bits per heavy atom. The summed E-state index contributed by atoms with van der Waals surface area (Å²) in [5.41, 5.74) is 0.567. The molecule has 0 saturated carbocycles. The van der Waals surface area contributed by atoms with E-state index in [2.05, 4.69) is 5.16 Å². The lowest BCUT2D eigenvalue weighted by atomic mass is 9.86. The highest BCUT2D eigenvalue weighted by Crippen LogP contribution is 2.32. The molecular formula is C25H20FNO4. The van der Waals surface area contributed by atoms with Crippen molar-refractivity contribution in [3.63, 3.8) is 0 Å². The number of carbonyl (C=O) groups is 1. The maximum atomic E-state index is 13.2. The van der Waals surface area contributed by atoms with Gasteiger partial charge < -0.3 is 14.4 Å². The number of nitrogens with zero attached hydrogens (tertiary/aromatic N) is 1. The van der Waals surface area contributed by atoms with Crippen LogP contribution in [0, 0.1) is 12.7 Å². The first-order valence-electron chi connectivity index (χ1n) is 9.72. The fourth-order valence-electron chi connectivity index (χ4n) is 3.37. The lowest BCUT2D eigenvalue weighted by Gasteiger charge is -2.26. The fraction of sp³-hybridized carbons (Fsp3) is 0.120. The van der Waals surface area contributed by atoms with Gasteiger partial charge in [0.25, 0.3) is 0 Å². The summed E-state index contributed by atoms with van der Waals surface area (Å²) >= 11 is 0. The molecule has 0 amide bonds. The highest BCUT2D eigenvalue weighted by molar-refractivity contribution is 5.85. The van der Waals surface area contributed by atoms with E-state index in [9.17, 15) is 14.3 Å². The van der Waals surface area contributed by atoms with Crippen LogP contribution in [0.2, 0.25) is 0 Å². The molecule has 1 aromatic heterocycles. The summed E-state index contributed by atoms with van der Waals surface area (Å²) in [5.74, 6) is -0.709. The first-order valence-corrected chi connectivity index (χ1v) is 9.72. The molecule has 1 N–H and O–H groups in total. The van der Waals surface area contributed by atoms with Crippen molar-refractivity contribution in [2.24, 2.45) is 0 Å². The first-order chi connectivity index (χ1) is 15.0. The summed E-state index contributed by atoms with van der Waals surface area (Å²) in [6, 6.07) is 23.1. The molecule has 0 bridgehead atoms. The van der Waals surface area contributed by atoms with Crippen molar-refractivity contribution in [1.82, 2.24) is 5.16 Å². The van der Waals surface area contributed by atoms with Gasteiger partial charge in [0.2, 0.25) is 5.60 Å². The van der Waals surface area contributed by atoms with Crippen molar-refractivity contribution in [2.45, 2.75) is 19.1 Å². The predicted molar refractivity (Wildman–Crippen MR) is 112 cm³/mol. The minimum absolute atomic E-state index is 0.183. The van der Waals surface area contributed by atoms with Gasteiger partial charge in [-0.25, -0.2) is 9.18 Å². The van der Waals surface area contributed by atoms with Gasteiger partial charge in [-0.1, -0.05) is 65.8 Å². The molecule has 0 radical (unpaired) electrons. The van der Waals surface area contributed by atoms with Crippen LogP contribution in [0.25, 0.3) is 11.3 Å². The third-order valence-electron chi connectivity index (χ3n) is 5.15. The van der Waals surface area contributed by atoms with Crippen LogP contribution in [-0.4, -0.2) is 16.2 Å². The summed E-state index contributed by atoms with van der Waals surface area (Å²) < 4.78 is 24.0. The number of carbonyl (C=O) groups excluding carboxylic acids is 1. The zero-order chi connectivity index (χ0) is 21.8. The average Bonchev–Trinajstić information content (AvgIpc) is 3.18. The minimum atomic E-state index is -1.97. The molecule has 0 atom stereocenters. The number of rotatable bonds is 6. The van der Waals surface area contributed by atoms with Gasteiger partial charge in [-0.05, 0) is 42.3 Å². The normalized spacial score (nSPS) is 11.3. The van der Waals surface area contributed by atoms with Gasteiger partial charge in [0.1, 0.15) is 18.1 Å². The van der Waals surface area contributed by atoms with Crippen LogP contribution >= 0.6 is 0 Å².